The zero-order valence-electron chi connectivity index (χ0n) is 34.6. The number of nitrogens with zero attached hydrogens (tertiary/aromatic N) is 4. The number of fused-ring (bicyclic) bond motifs is 5. The number of piperidine rings is 1. The molecule has 0 bridgehead atoms. The molecule has 11 nitrogen and oxygen atoms in total. The number of H-pyrrole nitrogens is 1. The van der Waals surface area contributed by atoms with Gasteiger partial charge in [-0.3, -0.25) is 39.1 Å². The smallest absolute Gasteiger partial charge is 0.262 e. The van der Waals surface area contributed by atoms with Gasteiger partial charge in [0, 0.05) is 72.4 Å². The van der Waals surface area contributed by atoms with E-state index in [4.69, 9.17) is 0 Å². The molecule has 2 atom stereocenters. The van der Waals surface area contributed by atoms with Gasteiger partial charge in [0.2, 0.25) is 11.8 Å². The monoisotopic (exact) mass is 782 g/mol. The molecule has 58 heavy (non-hydrogen) atoms. The van der Waals surface area contributed by atoms with Crippen LogP contribution in [0.3, 0.4) is 0 Å². The molecule has 11 heteroatoms. The number of nitriles is 1. The SMILES string of the molecule is CCCCC(CC)CN1CCN(c2cc3c(cc2CC)C(=O)c2c([nH]c4cc(C#N)ccc24)C3(C)C)CC1.Cc1ccc2c(c1)C(=O)N(C1CCC(=O)NC1=O)C2=O. The third kappa shape index (κ3) is 7.35. The number of ketones is 1. The molecule has 2 unspecified atom stereocenters. The van der Waals surface area contributed by atoms with Crippen molar-refractivity contribution in [1.29, 1.82) is 5.26 Å². The number of unbranched alkanes of at least 4 members (excludes halogenated alkanes) is 1. The van der Waals surface area contributed by atoms with E-state index in [9.17, 15) is 29.2 Å². The minimum Gasteiger partial charge on any atom is -0.369 e. The molecule has 4 aromatic rings. The molecule has 3 aromatic carbocycles. The average Bonchev–Trinajstić information content (AvgIpc) is 3.73. The predicted molar refractivity (Wildman–Crippen MR) is 224 cm³/mol. The highest BCUT2D eigenvalue weighted by molar-refractivity contribution is 6.23. The lowest BCUT2D eigenvalue weighted by atomic mass is 9.70. The molecule has 2 N–H and O–H groups in total. The van der Waals surface area contributed by atoms with E-state index in [2.05, 4.69) is 72.9 Å². The Labute approximate surface area is 340 Å². The van der Waals surface area contributed by atoms with Crippen molar-refractivity contribution in [3.8, 4) is 6.07 Å². The van der Waals surface area contributed by atoms with Gasteiger partial charge in [-0.2, -0.15) is 5.26 Å². The van der Waals surface area contributed by atoms with E-state index in [1.54, 1.807) is 24.3 Å². The fourth-order valence-electron chi connectivity index (χ4n) is 9.20. The number of aromatic amines is 1. The molecule has 302 valence electrons. The van der Waals surface area contributed by atoms with Crippen LogP contribution in [-0.4, -0.2) is 83.0 Å². The molecule has 0 radical (unpaired) electrons. The van der Waals surface area contributed by atoms with Crippen LogP contribution in [0, 0.1) is 24.2 Å². The van der Waals surface area contributed by atoms with Crippen LogP contribution < -0.4 is 10.2 Å². The molecule has 1 aromatic heterocycles. The first-order valence-corrected chi connectivity index (χ1v) is 20.9. The van der Waals surface area contributed by atoms with E-state index in [1.807, 2.05) is 19.1 Å². The van der Waals surface area contributed by atoms with E-state index in [0.717, 1.165) is 82.3 Å². The summed E-state index contributed by atoms with van der Waals surface area (Å²) in [7, 11) is 0. The molecule has 0 spiro atoms. The van der Waals surface area contributed by atoms with Crippen molar-refractivity contribution in [3.05, 3.63) is 98.7 Å². The van der Waals surface area contributed by atoms with Gasteiger partial charge in [0.15, 0.2) is 5.78 Å². The third-order valence-corrected chi connectivity index (χ3v) is 12.7. The van der Waals surface area contributed by atoms with E-state index >= 15 is 0 Å². The van der Waals surface area contributed by atoms with Gasteiger partial charge in [0.25, 0.3) is 11.8 Å². The van der Waals surface area contributed by atoms with E-state index in [-0.39, 0.29) is 29.9 Å². The number of anilines is 1. The van der Waals surface area contributed by atoms with Crippen LogP contribution in [0.25, 0.3) is 10.9 Å². The summed E-state index contributed by atoms with van der Waals surface area (Å²) in [6.45, 7) is 18.5. The van der Waals surface area contributed by atoms with Crippen LogP contribution >= 0.6 is 0 Å². The Hall–Kier alpha value is -5.60. The third-order valence-electron chi connectivity index (χ3n) is 12.7. The van der Waals surface area contributed by atoms with Gasteiger partial charge in [-0.1, -0.05) is 71.6 Å². The summed E-state index contributed by atoms with van der Waals surface area (Å²) in [5.41, 5.74) is 8.81. The van der Waals surface area contributed by atoms with Crippen molar-refractivity contribution in [2.45, 2.75) is 97.9 Å². The predicted octanol–water partition coefficient (Wildman–Crippen LogP) is 7.21. The van der Waals surface area contributed by atoms with Gasteiger partial charge in [-0.15, -0.1) is 0 Å². The summed E-state index contributed by atoms with van der Waals surface area (Å²) >= 11 is 0. The fraction of sp³-hybridized carbons (Fsp3) is 0.447. The van der Waals surface area contributed by atoms with Crippen molar-refractivity contribution in [1.82, 2.24) is 20.1 Å². The minimum atomic E-state index is -0.902. The first-order valence-electron chi connectivity index (χ1n) is 20.9. The lowest BCUT2D eigenvalue weighted by Crippen LogP contribution is -2.54. The van der Waals surface area contributed by atoms with E-state index < -0.39 is 23.8 Å². The normalized spacial score (nSPS) is 19.3. The summed E-state index contributed by atoms with van der Waals surface area (Å²) < 4.78 is 0. The number of piperazine rings is 1. The zero-order chi connectivity index (χ0) is 41.5. The minimum absolute atomic E-state index is 0.0917. The number of rotatable bonds is 9. The molecule has 3 aliphatic heterocycles. The molecular weight excluding hydrogens is 729 g/mol. The number of nitrogens with one attached hydrogen (secondary N) is 2. The van der Waals surface area contributed by atoms with Gasteiger partial charge in [-0.25, -0.2) is 0 Å². The standard InChI is InChI=1S/C33H42N4O.C14H12N2O4/c1-6-9-10-22(7-2)21-36-13-15-37(16-14-36)29-19-27-26(18-24(29)8-3)31(38)30-25-12-11-23(20-34)17-28(25)35-32(30)33(27,4)5;1-7-2-3-8-9(6-7)14(20)16(13(8)19)10-4-5-11(17)15-12(10)18/h11-12,17-19,22,35H,6-10,13-16,21H2,1-5H3;2-3,6,10H,4-5H2,1H3,(H,15,17,18). The molecule has 2 saturated heterocycles. The number of carbonyl (C=O) groups is 5. The number of hydrogen-bond acceptors (Lipinski definition) is 8. The molecule has 2 fully saturated rings. The summed E-state index contributed by atoms with van der Waals surface area (Å²) in [5, 5.41) is 12.4. The number of aromatic nitrogens is 1. The second-order valence-corrected chi connectivity index (χ2v) is 16.8. The zero-order valence-corrected chi connectivity index (χ0v) is 34.6. The van der Waals surface area contributed by atoms with Crippen LogP contribution in [0.15, 0.2) is 48.5 Å². The maximum Gasteiger partial charge on any atom is 0.262 e. The van der Waals surface area contributed by atoms with Crippen molar-refractivity contribution in [2.75, 3.05) is 37.6 Å². The van der Waals surface area contributed by atoms with Gasteiger partial charge < -0.3 is 9.88 Å². The van der Waals surface area contributed by atoms with Gasteiger partial charge in [-0.05, 0) is 79.6 Å². The highest BCUT2D eigenvalue weighted by Crippen LogP contribution is 2.46. The Bertz CT molecular complexity index is 2360. The van der Waals surface area contributed by atoms with Crippen LogP contribution in [0.1, 0.15) is 138 Å². The Morgan fingerprint density at radius 1 is 0.897 bits per heavy atom. The lowest BCUT2D eigenvalue weighted by molar-refractivity contribution is -0.136. The average molecular weight is 783 g/mol. The van der Waals surface area contributed by atoms with Gasteiger partial charge in [0.05, 0.1) is 28.3 Å². The first kappa shape index (κ1) is 40.6. The molecule has 4 aliphatic rings. The number of imide groups is 2. The largest absolute Gasteiger partial charge is 0.369 e. The topological polar surface area (TPSA) is 147 Å². The summed E-state index contributed by atoms with van der Waals surface area (Å²) in [4.78, 5) is 71.2. The highest BCUT2D eigenvalue weighted by Gasteiger charge is 2.45. The van der Waals surface area contributed by atoms with Crippen molar-refractivity contribution < 1.29 is 24.0 Å². The maximum atomic E-state index is 13.9. The lowest BCUT2D eigenvalue weighted by Gasteiger charge is -2.40. The van der Waals surface area contributed by atoms with Gasteiger partial charge >= 0.3 is 0 Å². The Balaban J connectivity index is 0.000000214. The van der Waals surface area contributed by atoms with Crippen LogP contribution in [-0.2, 0) is 21.4 Å². The van der Waals surface area contributed by atoms with Crippen LogP contribution in [0.4, 0.5) is 5.69 Å². The fourth-order valence-corrected chi connectivity index (χ4v) is 9.20. The molecule has 8 rings (SSSR count). The van der Waals surface area contributed by atoms with Gasteiger partial charge in [0.1, 0.15) is 6.04 Å². The van der Waals surface area contributed by atoms with Crippen molar-refractivity contribution in [3.63, 3.8) is 0 Å². The highest BCUT2D eigenvalue weighted by atomic mass is 16.2. The second-order valence-electron chi connectivity index (χ2n) is 16.8. The van der Waals surface area contributed by atoms with Crippen molar-refractivity contribution in [2.24, 2.45) is 5.92 Å². The molecule has 0 saturated carbocycles. The Kier molecular flexibility index (Phi) is 11.4. The first-order chi connectivity index (χ1) is 27.8. The van der Waals surface area contributed by atoms with Crippen molar-refractivity contribution >= 4 is 46.0 Å². The molecular formula is C47H54N6O5. The quantitative estimate of drug-likeness (QED) is 0.170. The summed E-state index contributed by atoms with van der Waals surface area (Å²) in [5.74, 6) is -1.01. The molecule has 4 amide bonds. The van der Waals surface area contributed by atoms with Crippen LogP contribution in [0.2, 0.25) is 0 Å². The Morgan fingerprint density at radius 2 is 1.64 bits per heavy atom. The van der Waals surface area contributed by atoms with Crippen LogP contribution in [0.5, 0.6) is 0 Å². The molecule has 1 aliphatic carbocycles. The Morgan fingerprint density at radius 3 is 2.31 bits per heavy atom. The van der Waals surface area contributed by atoms with E-state index in [0.29, 0.717) is 16.7 Å². The second kappa shape index (κ2) is 16.3. The van der Waals surface area contributed by atoms with E-state index in [1.165, 1.54) is 43.5 Å². The number of aryl methyl sites for hydroxylation is 2. The number of amides is 4. The summed E-state index contributed by atoms with van der Waals surface area (Å²) in [6.07, 6.45) is 6.42. The summed E-state index contributed by atoms with van der Waals surface area (Å²) in [6, 6.07) is 16.4. The number of benzene rings is 3. The maximum absolute atomic E-state index is 13.9. The molecule has 4 heterocycles. The number of carbonyl (C=O) groups excluding carboxylic acids is 5. The number of hydrogen-bond donors (Lipinski definition) is 2.